The third kappa shape index (κ3) is 13.1. The van der Waals surface area contributed by atoms with Crippen LogP contribution in [0.5, 0.6) is 5.75 Å². The molecule has 12 bridgehead atoms. The van der Waals surface area contributed by atoms with Gasteiger partial charge in [0.2, 0.25) is 5.91 Å². The highest BCUT2D eigenvalue weighted by molar-refractivity contribution is 7.14. The van der Waals surface area contributed by atoms with Crippen molar-refractivity contribution in [3.8, 4) is 38.4 Å². The molecule has 13 rings (SSSR count). The minimum Gasteiger partial charge on any atom is -0.506 e. The van der Waals surface area contributed by atoms with E-state index in [1.54, 1.807) is 60.6 Å². The summed E-state index contributed by atoms with van der Waals surface area (Å²) in [7, 11) is 4.87. The molecule has 5 aliphatic heterocycles. The van der Waals surface area contributed by atoms with Gasteiger partial charge in [0.05, 0.1) is 43.1 Å². The monoisotopic (exact) mass is 1440 g/mol. The van der Waals surface area contributed by atoms with Gasteiger partial charge < -0.3 is 85.3 Å². The van der Waals surface area contributed by atoms with Gasteiger partial charge in [-0.1, -0.05) is 12.1 Å². The first kappa shape index (κ1) is 67.8. The molecule has 0 aliphatic carbocycles. The SMILES string of the molecule is CO/C(C)=C1/NC(=O)C(C(C)O)NC(=O)c2csc(n2)-c2cc(O)c(-c3nc(C(=O)N4CCNCC4)cs3)nc2-c2csc(n2)C2COC(=O)c3c4c5c(cccc5n3O)COC(=O)C(OC3CC(C)(O)C(N(C)C)C(C)O3)C(OC4)C(NC(=O)c3csc1n3)c1nc(cs1)C(=O)N2. The lowest BCUT2D eigenvalue weighted by Gasteiger charge is -2.48. The van der Waals surface area contributed by atoms with Crippen LogP contribution in [0.3, 0.4) is 0 Å². The quantitative estimate of drug-likeness (QED) is 0.0613. The van der Waals surface area contributed by atoms with E-state index in [-0.39, 0.29) is 111 Å². The molecule has 7 aromatic heterocycles. The number of thiazole rings is 5. The lowest BCUT2D eigenvalue weighted by Crippen LogP contribution is -2.62. The first-order chi connectivity index (χ1) is 46.9. The lowest BCUT2D eigenvalue weighted by molar-refractivity contribution is -0.280. The predicted octanol–water partition coefficient (Wildman–Crippen LogP) is 4.21. The van der Waals surface area contributed by atoms with Crippen LogP contribution in [0.4, 0.5) is 0 Å². The smallest absolute Gasteiger partial charge is 0.358 e. The number of hydrogen-bond acceptors (Lipinski definition) is 30. The fourth-order valence-corrected chi connectivity index (χ4v) is 16.7. The van der Waals surface area contributed by atoms with Gasteiger partial charge in [0, 0.05) is 76.0 Å². The Bertz CT molecular complexity index is 4510. The summed E-state index contributed by atoms with van der Waals surface area (Å²) in [6.45, 7) is 6.46. The van der Waals surface area contributed by atoms with E-state index in [2.05, 4.69) is 41.5 Å². The number of methoxy groups -OCH3 is 1. The molecular weight excluding hydrogens is 1370 g/mol. The topological polar surface area (TPSA) is 405 Å². The van der Waals surface area contributed by atoms with E-state index >= 15 is 14.4 Å². The summed E-state index contributed by atoms with van der Waals surface area (Å²) in [6, 6.07) is 0.880. The molecule has 31 nitrogen and oxygen atoms in total. The summed E-state index contributed by atoms with van der Waals surface area (Å²) >= 11 is 4.78. The van der Waals surface area contributed by atoms with Crippen molar-refractivity contribution in [3.05, 3.63) is 112 Å². The highest BCUT2D eigenvalue weighted by Gasteiger charge is 2.50. The Morgan fingerprint density at radius 1 is 0.816 bits per heavy atom. The van der Waals surface area contributed by atoms with Crippen LogP contribution < -0.4 is 26.6 Å². The Balaban J connectivity index is 0.983. The molecule has 1 aromatic carbocycles. The van der Waals surface area contributed by atoms with Gasteiger partial charge in [0.1, 0.15) is 120 Å². The highest BCUT2D eigenvalue weighted by atomic mass is 32.1. The van der Waals surface area contributed by atoms with Crippen LogP contribution in [0.15, 0.2) is 56.9 Å². The number of nitrogens with one attached hydrogen (secondary N) is 5. The Kier molecular flexibility index (Phi) is 19.0. The number of amides is 5. The minimum atomic E-state index is -1.90. The molecule has 10 unspecified atom stereocenters. The van der Waals surface area contributed by atoms with Crippen molar-refractivity contribution in [2.45, 2.75) is 108 Å². The second-order valence-corrected chi connectivity index (χ2v) is 28.4. The fourth-order valence-electron chi connectivity index (χ4n) is 12.5. The Morgan fingerprint density at radius 3 is 2.22 bits per heavy atom. The van der Waals surface area contributed by atoms with E-state index in [1.165, 1.54) is 49.2 Å². The number of ether oxygens (including phenoxy) is 6. The third-order valence-electron chi connectivity index (χ3n) is 17.1. The summed E-state index contributed by atoms with van der Waals surface area (Å²) < 4.78 is 38.3. The number of cyclic esters (lactones) is 2. The number of carbonyl (C=O) groups excluding carboxylic acids is 7. The molecular formula is C62H64N14O17S5. The van der Waals surface area contributed by atoms with Crippen molar-refractivity contribution in [2.24, 2.45) is 0 Å². The van der Waals surface area contributed by atoms with Gasteiger partial charge in [0.25, 0.3) is 23.6 Å². The standard InChI is InChI=1S/C62H64N14O17S5/c1-25(77)41-53(82)72-42(26(2)88-7)56-67-35(23-96-56)52(81)73-45-47-48(93-39-16-62(4,86)49(74(5)6)27(3)92-39)61(85)90-17-28-9-8-10-37-40(28)30(18-89-47)46(76(37)87)60(84)91-19-31(64-50(79)33-22-97-58(45)68-33)55-65-32(20-95-55)43-29(54-66-34(21-94-54)51(80)71-41)15-38(78)44(70-43)57-69-36(24-98-57)59(83)75-13-11-63-12-14-75/h8-10,15,20-25,27,31,39,41,45,47-49,63,77-78,86-87H,11-14,16-19H2,1-7H3,(H,64,79)(H,71,80)(H,72,82)(H,73,81)/b42-26+. The van der Waals surface area contributed by atoms with E-state index in [4.69, 9.17) is 43.4 Å². The van der Waals surface area contributed by atoms with Crippen molar-refractivity contribution < 1.29 is 82.5 Å². The summed E-state index contributed by atoms with van der Waals surface area (Å²) in [5, 5.41) is 69.3. The second kappa shape index (κ2) is 27.5. The van der Waals surface area contributed by atoms with E-state index in [0.29, 0.717) is 36.5 Å². The molecule has 12 heterocycles. The van der Waals surface area contributed by atoms with Crippen molar-refractivity contribution >= 4 is 115 Å². The lowest BCUT2D eigenvalue weighted by atomic mass is 9.85. The number of aliphatic hydroxyl groups is 2. The molecule has 0 radical (unpaired) electrons. The van der Waals surface area contributed by atoms with Crippen LogP contribution in [0.1, 0.15) is 125 Å². The average Bonchev–Trinajstić information content (AvgIpc) is 1.52. The maximum atomic E-state index is 15.2. The zero-order valence-electron chi connectivity index (χ0n) is 53.2. The van der Waals surface area contributed by atoms with E-state index in [1.807, 2.05) is 0 Å². The normalized spacial score (nSPS) is 25.1. The van der Waals surface area contributed by atoms with Crippen LogP contribution in [0.2, 0.25) is 0 Å². The zero-order valence-corrected chi connectivity index (χ0v) is 57.3. The number of benzene rings is 1. The number of carbonyl (C=O) groups is 7. The number of likely N-dealkylation sites (N-methyl/N-ethyl adjacent to an activating group) is 1. The molecule has 514 valence electrons. The number of nitrogens with zero attached hydrogens (tertiary/aromatic N) is 9. The Hall–Kier alpha value is -8.79. The van der Waals surface area contributed by atoms with Crippen molar-refractivity contribution in [3.63, 3.8) is 0 Å². The summed E-state index contributed by atoms with van der Waals surface area (Å²) in [6.07, 6.45) is -7.45. The molecule has 36 heteroatoms. The zero-order chi connectivity index (χ0) is 69.2. The number of fused-ring (bicyclic) bond motifs is 15. The number of aliphatic hydroxyl groups excluding tert-OH is 1. The minimum absolute atomic E-state index is 0.000434. The van der Waals surface area contributed by atoms with E-state index in [0.717, 1.165) is 56.7 Å². The van der Waals surface area contributed by atoms with Crippen LogP contribution in [-0.4, -0.2) is 209 Å². The average molecular weight is 1440 g/mol. The molecule has 0 saturated carbocycles. The summed E-state index contributed by atoms with van der Waals surface area (Å²) in [5.74, 6) is -6.45. The third-order valence-corrected chi connectivity index (χ3v) is 21.6. The maximum absolute atomic E-state index is 15.2. The molecule has 5 aliphatic rings. The van der Waals surface area contributed by atoms with Crippen molar-refractivity contribution in [1.29, 1.82) is 0 Å². The molecule has 8 aromatic rings. The fraction of sp³-hybridized carbons (Fsp3) is 0.403. The molecule has 10 atom stereocenters. The Labute approximate surface area is 576 Å². The van der Waals surface area contributed by atoms with Crippen LogP contribution in [0.25, 0.3) is 49.3 Å². The van der Waals surface area contributed by atoms with Crippen LogP contribution in [0, 0.1) is 0 Å². The van der Waals surface area contributed by atoms with Crippen molar-refractivity contribution in [2.75, 3.05) is 54.0 Å². The Morgan fingerprint density at radius 2 is 1.49 bits per heavy atom. The predicted molar refractivity (Wildman–Crippen MR) is 353 cm³/mol. The van der Waals surface area contributed by atoms with E-state index in [9.17, 15) is 39.7 Å². The number of hydrogen-bond donors (Lipinski definition) is 9. The highest BCUT2D eigenvalue weighted by Crippen LogP contribution is 2.43. The number of aromatic hydroxyl groups is 1. The number of rotatable bonds is 7. The molecule has 9 N–H and O–H groups in total. The summed E-state index contributed by atoms with van der Waals surface area (Å²) in [5.41, 5.74) is -1.96. The molecule has 98 heavy (non-hydrogen) atoms. The number of esters is 2. The van der Waals surface area contributed by atoms with Crippen LogP contribution in [-0.2, 0) is 51.2 Å². The first-order valence-electron chi connectivity index (χ1n) is 30.6. The van der Waals surface area contributed by atoms with Crippen molar-refractivity contribution in [1.82, 2.24) is 71.0 Å². The number of piperazine rings is 1. The number of pyridine rings is 1. The summed E-state index contributed by atoms with van der Waals surface area (Å²) in [4.78, 5) is 135. The van der Waals surface area contributed by atoms with Gasteiger partial charge in [-0.2, -0.15) is 4.73 Å². The second-order valence-electron chi connectivity index (χ2n) is 24.1. The first-order valence-corrected chi connectivity index (χ1v) is 35.0. The van der Waals surface area contributed by atoms with Gasteiger partial charge in [-0.05, 0) is 59.5 Å². The van der Waals surface area contributed by atoms with Gasteiger partial charge in [-0.25, -0.2) is 39.5 Å². The molecule has 2 fully saturated rings. The molecule has 2 saturated heterocycles. The van der Waals surface area contributed by atoms with Gasteiger partial charge in [-0.3, -0.25) is 24.0 Å². The molecule has 0 spiro atoms. The number of allylic oxidation sites excluding steroid dienone is 1. The van der Waals surface area contributed by atoms with Gasteiger partial charge in [-0.15, -0.1) is 56.7 Å². The van der Waals surface area contributed by atoms with Gasteiger partial charge in [0.15, 0.2) is 18.1 Å². The van der Waals surface area contributed by atoms with Gasteiger partial charge >= 0.3 is 11.9 Å². The van der Waals surface area contributed by atoms with Crippen LogP contribution >= 0.6 is 56.7 Å². The largest absolute Gasteiger partial charge is 0.506 e. The number of aromatic nitrogens is 7. The van der Waals surface area contributed by atoms with E-state index < -0.39 is 127 Å². The molecule has 5 amide bonds. The maximum Gasteiger partial charge on any atom is 0.358 e.